The average Bonchev–Trinajstić information content (AvgIpc) is 2.81. The lowest BCUT2D eigenvalue weighted by atomic mass is 10.1. The van der Waals surface area contributed by atoms with E-state index in [0.717, 1.165) is 29.9 Å². The number of carbonyl (C=O) groups excluding carboxylic acids is 2. The standard InChI is InChI=1S/C25H33N3O4/c1-3-31-22-11-7-8-12-23(22)32-21-14-17-28(18-15-21)24(29)13-16-26-25(30)27(2)19-20-9-5-4-6-10-20/h4-12,21H,3,13-19H2,1-2H3,(H,26,30). The molecule has 0 bridgehead atoms. The van der Waals surface area contributed by atoms with E-state index in [-0.39, 0.29) is 18.0 Å². The third-order valence-electron chi connectivity index (χ3n) is 5.46. The van der Waals surface area contributed by atoms with E-state index < -0.39 is 0 Å². The number of benzene rings is 2. The summed E-state index contributed by atoms with van der Waals surface area (Å²) in [5.41, 5.74) is 1.06. The Morgan fingerprint density at radius 3 is 2.38 bits per heavy atom. The average molecular weight is 440 g/mol. The van der Waals surface area contributed by atoms with Crippen LogP contribution in [0.1, 0.15) is 31.7 Å². The lowest BCUT2D eigenvalue weighted by molar-refractivity contribution is -0.132. The second-order valence-corrected chi connectivity index (χ2v) is 7.90. The summed E-state index contributed by atoms with van der Waals surface area (Å²) in [6.45, 7) is 4.70. The number of nitrogens with one attached hydrogen (secondary N) is 1. The fourth-order valence-electron chi connectivity index (χ4n) is 3.72. The molecule has 7 heteroatoms. The first-order valence-electron chi connectivity index (χ1n) is 11.3. The zero-order chi connectivity index (χ0) is 22.8. The molecule has 0 unspecified atom stereocenters. The van der Waals surface area contributed by atoms with Gasteiger partial charge in [0.05, 0.1) is 6.61 Å². The molecule has 1 fully saturated rings. The number of ether oxygens (including phenoxy) is 2. The molecule has 0 aromatic heterocycles. The summed E-state index contributed by atoms with van der Waals surface area (Å²) in [5.74, 6) is 1.56. The van der Waals surface area contributed by atoms with Crippen LogP contribution in [0, 0.1) is 0 Å². The maximum atomic E-state index is 12.5. The van der Waals surface area contributed by atoms with Gasteiger partial charge in [0.2, 0.25) is 5.91 Å². The smallest absolute Gasteiger partial charge is 0.317 e. The highest BCUT2D eigenvalue weighted by Crippen LogP contribution is 2.29. The summed E-state index contributed by atoms with van der Waals surface area (Å²) >= 11 is 0. The molecule has 1 saturated heterocycles. The number of likely N-dealkylation sites (tertiary alicyclic amines) is 1. The summed E-state index contributed by atoms with van der Waals surface area (Å²) in [7, 11) is 1.75. The zero-order valence-electron chi connectivity index (χ0n) is 19.0. The van der Waals surface area contributed by atoms with Gasteiger partial charge in [0, 0.05) is 52.5 Å². The van der Waals surface area contributed by atoms with Gasteiger partial charge in [-0.3, -0.25) is 4.79 Å². The van der Waals surface area contributed by atoms with Gasteiger partial charge in [-0.05, 0) is 24.6 Å². The molecule has 1 heterocycles. The lowest BCUT2D eigenvalue weighted by Crippen LogP contribution is -2.43. The van der Waals surface area contributed by atoms with E-state index in [4.69, 9.17) is 9.47 Å². The van der Waals surface area contributed by atoms with Crippen LogP contribution in [0.4, 0.5) is 4.79 Å². The summed E-state index contributed by atoms with van der Waals surface area (Å²) in [6.07, 6.45) is 1.91. The van der Waals surface area contributed by atoms with E-state index in [1.54, 1.807) is 11.9 Å². The van der Waals surface area contributed by atoms with Gasteiger partial charge in [0.15, 0.2) is 11.5 Å². The highest BCUT2D eigenvalue weighted by Gasteiger charge is 2.24. The number of nitrogens with zero attached hydrogens (tertiary/aromatic N) is 2. The molecule has 0 aliphatic carbocycles. The van der Waals surface area contributed by atoms with Crippen LogP contribution < -0.4 is 14.8 Å². The lowest BCUT2D eigenvalue weighted by Gasteiger charge is -2.32. The van der Waals surface area contributed by atoms with Crippen molar-refractivity contribution in [3.8, 4) is 11.5 Å². The summed E-state index contributed by atoms with van der Waals surface area (Å²) in [6, 6.07) is 17.3. The first-order valence-corrected chi connectivity index (χ1v) is 11.3. The molecule has 3 amide bonds. The second-order valence-electron chi connectivity index (χ2n) is 7.90. The zero-order valence-corrected chi connectivity index (χ0v) is 19.0. The maximum Gasteiger partial charge on any atom is 0.317 e. The van der Waals surface area contributed by atoms with Crippen LogP contribution in [-0.2, 0) is 11.3 Å². The molecule has 0 saturated carbocycles. The molecule has 0 radical (unpaired) electrons. The Morgan fingerprint density at radius 1 is 1.03 bits per heavy atom. The quantitative estimate of drug-likeness (QED) is 0.647. The van der Waals surface area contributed by atoms with Crippen molar-refractivity contribution in [1.29, 1.82) is 0 Å². The van der Waals surface area contributed by atoms with E-state index in [0.29, 0.717) is 39.2 Å². The molecular formula is C25H33N3O4. The van der Waals surface area contributed by atoms with Crippen LogP contribution in [-0.4, -0.2) is 61.1 Å². The molecule has 7 nitrogen and oxygen atoms in total. The van der Waals surface area contributed by atoms with Crippen molar-refractivity contribution in [2.75, 3.05) is 33.3 Å². The number of urea groups is 1. The highest BCUT2D eigenvalue weighted by molar-refractivity contribution is 5.78. The molecule has 0 atom stereocenters. The Balaban J connectivity index is 1.36. The van der Waals surface area contributed by atoms with Crippen molar-refractivity contribution < 1.29 is 19.1 Å². The summed E-state index contributed by atoms with van der Waals surface area (Å²) in [4.78, 5) is 28.3. The molecule has 2 aromatic rings. The van der Waals surface area contributed by atoms with Crippen LogP contribution >= 0.6 is 0 Å². The Kier molecular flexibility index (Phi) is 8.78. The van der Waals surface area contributed by atoms with Crippen LogP contribution in [0.5, 0.6) is 11.5 Å². The maximum absolute atomic E-state index is 12.5. The molecule has 1 aliphatic rings. The van der Waals surface area contributed by atoms with Gasteiger partial charge in [-0.1, -0.05) is 42.5 Å². The number of amides is 3. The van der Waals surface area contributed by atoms with Crippen molar-refractivity contribution in [3.63, 3.8) is 0 Å². The molecule has 1 aliphatic heterocycles. The number of carbonyl (C=O) groups is 2. The number of hydrogen-bond acceptors (Lipinski definition) is 4. The second kappa shape index (κ2) is 12.0. The SMILES string of the molecule is CCOc1ccccc1OC1CCN(C(=O)CCNC(=O)N(C)Cc2ccccc2)CC1. The van der Waals surface area contributed by atoms with Gasteiger partial charge in [0.25, 0.3) is 0 Å². The van der Waals surface area contributed by atoms with Gasteiger partial charge in [-0.15, -0.1) is 0 Å². The largest absolute Gasteiger partial charge is 0.490 e. The molecular weight excluding hydrogens is 406 g/mol. The Morgan fingerprint density at radius 2 is 1.69 bits per heavy atom. The Bertz CT molecular complexity index is 867. The normalized spacial score (nSPS) is 14.0. The van der Waals surface area contributed by atoms with E-state index in [1.165, 1.54) is 0 Å². The van der Waals surface area contributed by atoms with Gasteiger partial charge < -0.3 is 24.6 Å². The van der Waals surface area contributed by atoms with Crippen molar-refractivity contribution in [2.45, 2.75) is 38.8 Å². The van der Waals surface area contributed by atoms with Crippen LogP contribution in [0.2, 0.25) is 0 Å². The number of piperidine rings is 1. The predicted molar refractivity (Wildman–Crippen MR) is 124 cm³/mol. The molecule has 1 N–H and O–H groups in total. The molecule has 3 rings (SSSR count). The van der Waals surface area contributed by atoms with Crippen molar-refractivity contribution in [3.05, 3.63) is 60.2 Å². The summed E-state index contributed by atoms with van der Waals surface area (Å²) < 4.78 is 11.8. The van der Waals surface area contributed by atoms with Crippen molar-refractivity contribution in [1.82, 2.24) is 15.1 Å². The first kappa shape index (κ1) is 23.4. The number of hydrogen-bond donors (Lipinski definition) is 1. The minimum atomic E-state index is -0.179. The molecule has 0 spiro atoms. The summed E-state index contributed by atoms with van der Waals surface area (Å²) in [5, 5.41) is 2.83. The minimum Gasteiger partial charge on any atom is -0.490 e. The monoisotopic (exact) mass is 439 g/mol. The molecule has 2 aromatic carbocycles. The van der Waals surface area contributed by atoms with Crippen LogP contribution in [0.3, 0.4) is 0 Å². The van der Waals surface area contributed by atoms with Crippen molar-refractivity contribution >= 4 is 11.9 Å². The third-order valence-corrected chi connectivity index (χ3v) is 5.46. The van der Waals surface area contributed by atoms with Gasteiger partial charge in [-0.25, -0.2) is 4.79 Å². The van der Waals surface area contributed by atoms with E-state index in [2.05, 4.69) is 5.32 Å². The molecule has 172 valence electrons. The van der Waals surface area contributed by atoms with Gasteiger partial charge in [-0.2, -0.15) is 0 Å². The van der Waals surface area contributed by atoms with E-state index >= 15 is 0 Å². The molecule has 32 heavy (non-hydrogen) atoms. The van der Waals surface area contributed by atoms with Crippen molar-refractivity contribution in [2.24, 2.45) is 0 Å². The van der Waals surface area contributed by atoms with E-state index in [1.807, 2.05) is 66.4 Å². The van der Waals surface area contributed by atoms with Gasteiger partial charge >= 0.3 is 6.03 Å². The fraction of sp³-hybridized carbons (Fsp3) is 0.440. The Labute approximate surface area is 190 Å². The number of para-hydroxylation sites is 2. The Hall–Kier alpha value is -3.22. The van der Waals surface area contributed by atoms with E-state index in [9.17, 15) is 9.59 Å². The van der Waals surface area contributed by atoms with Gasteiger partial charge in [0.1, 0.15) is 6.10 Å². The third kappa shape index (κ3) is 6.90. The van der Waals surface area contributed by atoms with Crippen LogP contribution in [0.25, 0.3) is 0 Å². The topological polar surface area (TPSA) is 71.1 Å². The first-order chi connectivity index (χ1) is 15.6. The predicted octanol–water partition coefficient (Wildman–Crippen LogP) is 3.69. The van der Waals surface area contributed by atoms with Crippen LogP contribution in [0.15, 0.2) is 54.6 Å². The number of rotatable bonds is 9. The fourth-order valence-corrected chi connectivity index (χ4v) is 3.72. The highest BCUT2D eigenvalue weighted by atomic mass is 16.5. The minimum absolute atomic E-state index is 0.0594.